The molecule has 0 saturated heterocycles. The van der Waals surface area contributed by atoms with Gasteiger partial charge in [0.2, 0.25) is 0 Å². The molecule has 23 heavy (non-hydrogen) atoms. The number of nitrogens with zero attached hydrogens (tertiary/aromatic N) is 3. The molecule has 4 aromatic rings. The molecule has 5 heteroatoms. The number of para-hydroxylation sites is 1. The van der Waals surface area contributed by atoms with Crippen LogP contribution in [0.3, 0.4) is 0 Å². The third kappa shape index (κ3) is 2.21. The smallest absolute Gasteiger partial charge is 0.132 e. The summed E-state index contributed by atoms with van der Waals surface area (Å²) in [6, 6.07) is 16.3. The van der Waals surface area contributed by atoms with Crippen molar-refractivity contribution < 1.29 is 0 Å². The van der Waals surface area contributed by atoms with Gasteiger partial charge in [-0.2, -0.15) is 5.10 Å². The molecule has 0 bridgehead atoms. The molecule has 2 aromatic carbocycles. The minimum atomic E-state index is 0.641. The first kappa shape index (κ1) is 14.0. The van der Waals surface area contributed by atoms with Crippen molar-refractivity contribution in [1.29, 1.82) is 0 Å². The number of nitrogens with two attached hydrogens (primary N) is 1. The van der Waals surface area contributed by atoms with Gasteiger partial charge in [-0.25, -0.2) is 4.98 Å². The van der Waals surface area contributed by atoms with E-state index >= 15 is 0 Å². The number of aromatic nitrogens is 3. The van der Waals surface area contributed by atoms with Gasteiger partial charge in [0.15, 0.2) is 0 Å². The van der Waals surface area contributed by atoms with Crippen molar-refractivity contribution in [2.75, 3.05) is 5.73 Å². The van der Waals surface area contributed by atoms with Crippen LogP contribution in [0.25, 0.3) is 32.0 Å². The highest BCUT2D eigenvalue weighted by Gasteiger charge is 2.21. The standard InChI is InChI=1S/C18H16N4S/c1-11-7-3-4-8-12(11)16-15(17(19)22(2)21-16)18-20-13-9-5-6-10-14(13)23-18/h3-10H,19H2,1-2H3. The topological polar surface area (TPSA) is 56.7 Å². The molecule has 0 unspecified atom stereocenters. The van der Waals surface area contributed by atoms with Crippen LogP contribution >= 0.6 is 11.3 Å². The molecule has 2 heterocycles. The summed E-state index contributed by atoms with van der Waals surface area (Å²) in [5, 5.41) is 5.56. The number of rotatable bonds is 2. The van der Waals surface area contributed by atoms with E-state index in [4.69, 9.17) is 10.7 Å². The van der Waals surface area contributed by atoms with Crippen LogP contribution in [-0.4, -0.2) is 14.8 Å². The van der Waals surface area contributed by atoms with Crippen LogP contribution in [-0.2, 0) is 7.05 Å². The van der Waals surface area contributed by atoms with Crippen LogP contribution in [0, 0.1) is 6.92 Å². The van der Waals surface area contributed by atoms with Crippen molar-refractivity contribution in [3.63, 3.8) is 0 Å². The van der Waals surface area contributed by atoms with E-state index in [1.54, 1.807) is 16.0 Å². The normalized spacial score (nSPS) is 11.2. The van der Waals surface area contributed by atoms with Crippen molar-refractivity contribution >= 4 is 27.4 Å². The van der Waals surface area contributed by atoms with E-state index in [1.807, 2.05) is 37.4 Å². The predicted octanol–water partition coefficient (Wildman–Crippen LogP) is 4.25. The SMILES string of the molecule is Cc1ccccc1-c1nn(C)c(N)c1-c1nc2ccccc2s1. The molecule has 0 fully saturated rings. The summed E-state index contributed by atoms with van der Waals surface area (Å²) in [5.74, 6) is 0.641. The van der Waals surface area contributed by atoms with E-state index in [0.29, 0.717) is 5.82 Å². The van der Waals surface area contributed by atoms with E-state index in [9.17, 15) is 0 Å². The van der Waals surface area contributed by atoms with Gasteiger partial charge >= 0.3 is 0 Å². The van der Waals surface area contributed by atoms with E-state index < -0.39 is 0 Å². The van der Waals surface area contributed by atoms with E-state index in [0.717, 1.165) is 32.0 Å². The van der Waals surface area contributed by atoms with E-state index in [-0.39, 0.29) is 0 Å². The van der Waals surface area contributed by atoms with Crippen molar-refractivity contribution in [2.45, 2.75) is 6.92 Å². The van der Waals surface area contributed by atoms with Crippen molar-refractivity contribution in [3.8, 4) is 21.8 Å². The molecular formula is C18H16N4S. The number of thiazole rings is 1. The summed E-state index contributed by atoms with van der Waals surface area (Å²) in [7, 11) is 1.87. The highest BCUT2D eigenvalue weighted by atomic mass is 32.1. The fraction of sp³-hybridized carbons (Fsp3) is 0.111. The lowest BCUT2D eigenvalue weighted by atomic mass is 10.0. The summed E-state index contributed by atoms with van der Waals surface area (Å²) >= 11 is 1.65. The minimum absolute atomic E-state index is 0.641. The van der Waals surface area contributed by atoms with Crippen LogP contribution in [0.5, 0.6) is 0 Å². The molecule has 0 aliphatic carbocycles. The molecular weight excluding hydrogens is 304 g/mol. The molecule has 0 aliphatic heterocycles. The van der Waals surface area contributed by atoms with Crippen molar-refractivity contribution in [1.82, 2.24) is 14.8 Å². The molecule has 4 rings (SSSR count). The van der Waals surface area contributed by atoms with Gasteiger partial charge in [0.25, 0.3) is 0 Å². The molecule has 0 saturated carbocycles. The van der Waals surface area contributed by atoms with Gasteiger partial charge in [0.05, 0.1) is 15.8 Å². The van der Waals surface area contributed by atoms with Crippen LogP contribution < -0.4 is 5.73 Å². The maximum Gasteiger partial charge on any atom is 0.132 e. The fourth-order valence-electron chi connectivity index (χ4n) is 2.75. The maximum absolute atomic E-state index is 6.31. The Morgan fingerprint density at radius 2 is 1.78 bits per heavy atom. The Bertz CT molecular complexity index is 980. The number of anilines is 1. The highest BCUT2D eigenvalue weighted by Crippen LogP contribution is 2.40. The molecule has 2 N–H and O–H groups in total. The summed E-state index contributed by atoms with van der Waals surface area (Å²) in [6.45, 7) is 2.09. The van der Waals surface area contributed by atoms with E-state index in [1.165, 1.54) is 5.56 Å². The Morgan fingerprint density at radius 1 is 1.04 bits per heavy atom. The molecule has 0 aliphatic rings. The van der Waals surface area contributed by atoms with Crippen LogP contribution in [0.15, 0.2) is 48.5 Å². The molecule has 0 amide bonds. The lowest BCUT2D eigenvalue weighted by Gasteiger charge is -2.04. The highest BCUT2D eigenvalue weighted by molar-refractivity contribution is 7.21. The Hall–Kier alpha value is -2.66. The number of fused-ring (bicyclic) bond motifs is 1. The summed E-state index contributed by atoms with van der Waals surface area (Å²) in [4.78, 5) is 4.76. The zero-order valence-electron chi connectivity index (χ0n) is 12.9. The van der Waals surface area contributed by atoms with Gasteiger partial charge in [0.1, 0.15) is 16.5 Å². The summed E-state index contributed by atoms with van der Waals surface area (Å²) < 4.78 is 2.88. The van der Waals surface area contributed by atoms with Gasteiger partial charge in [-0.1, -0.05) is 36.4 Å². The second-order valence-electron chi connectivity index (χ2n) is 5.53. The number of nitrogen functional groups attached to an aromatic ring is 1. The van der Waals surface area contributed by atoms with Crippen molar-refractivity contribution in [3.05, 3.63) is 54.1 Å². The predicted molar refractivity (Wildman–Crippen MR) is 96.4 cm³/mol. The van der Waals surface area contributed by atoms with E-state index in [2.05, 4.69) is 30.2 Å². The van der Waals surface area contributed by atoms with Gasteiger partial charge in [0, 0.05) is 12.6 Å². The monoisotopic (exact) mass is 320 g/mol. The van der Waals surface area contributed by atoms with Gasteiger partial charge < -0.3 is 5.73 Å². The lowest BCUT2D eigenvalue weighted by Crippen LogP contribution is -1.97. The van der Waals surface area contributed by atoms with Crippen LogP contribution in [0.1, 0.15) is 5.56 Å². The third-order valence-electron chi connectivity index (χ3n) is 4.00. The third-order valence-corrected chi connectivity index (χ3v) is 5.05. The first-order chi connectivity index (χ1) is 11.1. The Morgan fingerprint density at radius 3 is 2.57 bits per heavy atom. The Balaban J connectivity index is 2.00. The van der Waals surface area contributed by atoms with Gasteiger partial charge in [-0.15, -0.1) is 11.3 Å². The minimum Gasteiger partial charge on any atom is -0.383 e. The second-order valence-corrected chi connectivity index (χ2v) is 6.56. The largest absolute Gasteiger partial charge is 0.383 e. The lowest BCUT2D eigenvalue weighted by molar-refractivity contribution is 0.782. The fourth-order valence-corrected chi connectivity index (χ4v) is 3.77. The first-order valence-electron chi connectivity index (χ1n) is 7.39. The van der Waals surface area contributed by atoms with Gasteiger partial charge in [-0.05, 0) is 24.6 Å². The molecule has 0 radical (unpaired) electrons. The second kappa shape index (κ2) is 5.21. The maximum atomic E-state index is 6.31. The molecule has 0 atom stereocenters. The summed E-state index contributed by atoms with van der Waals surface area (Å²) in [6.07, 6.45) is 0. The number of aryl methyl sites for hydroxylation is 2. The number of hydrogen-bond acceptors (Lipinski definition) is 4. The summed E-state index contributed by atoms with van der Waals surface area (Å²) in [5.41, 5.74) is 11.4. The average molecular weight is 320 g/mol. The molecule has 0 spiro atoms. The zero-order valence-corrected chi connectivity index (χ0v) is 13.8. The van der Waals surface area contributed by atoms with Gasteiger partial charge in [-0.3, -0.25) is 4.68 Å². The van der Waals surface area contributed by atoms with Crippen molar-refractivity contribution in [2.24, 2.45) is 7.05 Å². The quantitative estimate of drug-likeness (QED) is 0.600. The molecule has 114 valence electrons. The zero-order chi connectivity index (χ0) is 16.0. The Labute approximate surface area is 138 Å². The van der Waals surface area contributed by atoms with Crippen LogP contribution in [0.4, 0.5) is 5.82 Å². The van der Waals surface area contributed by atoms with Crippen LogP contribution in [0.2, 0.25) is 0 Å². The first-order valence-corrected chi connectivity index (χ1v) is 8.21. The molecule has 4 nitrogen and oxygen atoms in total. The molecule has 2 aromatic heterocycles. The Kier molecular flexibility index (Phi) is 3.16. The number of hydrogen-bond donors (Lipinski definition) is 1. The average Bonchev–Trinajstić information content (AvgIpc) is 3.09. The number of benzene rings is 2.